The lowest BCUT2D eigenvalue weighted by Gasteiger charge is -2.44. The second-order valence-corrected chi connectivity index (χ2v) is 7.54. The average Bonchev–Trinajstić information content (AvgIpc) is 2.45. The van der Waals surface area contributed by atoms with Crippen molar-refractivity contribution in [2.24, 2.45) is 0 Å². The highest BCUT2D eigenvalue weighted by Crippen LogP contribution is 2.28. The Balaban J connectivity index is 2.01. The van der Waals surface area contributed by atoms with Gasteiger partial charge in [-0.3, -0.25) is 9.69 Å². The first-order valence-electron chi connectivity index (χ1n) is 8.42. The third-order valence-electron chi connectivity index (χ3n) is 4.81. The first-order valence-corrected chi connectivity index (χ1v) is 8.42. The number of hydrogen-bond acceptors (Lipinski definition) is 4. The maximum atomic E-state index is 12.6. The second kappa shape index (κ2) is 6.55. The van der Waals surface area contributed by atoms with Gasteiger partial charge in [0.2, 0.25) is 5.91 Å². The van der Waals surface area contributed by atoms with Crippen LogP contribution in [0.5, 0.6) is 0 Å². The van der Waals surface area contributed by atoms with Crippen molar-refractivity contribution in [2.45, 2.75) is 83.1 Å². The molecule has 0 radical (unpaired) electrons. The van der Waals surface area contributed by atoms with Crippen molar-refractivity contribution >= 4 is 5.91 Å². The minimum Gasteiger partial charge on any atom is -0.370 e. The van der Waals surface area contributed by atoms with E-state index in [2.05, 4.69) is 30.1 Å². The fraction of sp³-hybridized carbons (Fsp3) is 0.882. The summed E-state index contributed by atoms with van der Waals surface area (Å²) in [7, 11) is 0. The van der Waals surface area contributed by atoms with Gasteiger partial charge in [-0.2, -0.15) is 5.26 Å². The van der Waals surface area contributed by atoms with E-state index in [1.54, 1.807) is 0 Å². The molecule has 124 valence electrons. The average molecular weight is 307 g/mol. The van der Waals surface area contributed by atoms with Crippen LogP contribution in [0.3, 0.4) is 0 Å². The van der Waals surface area contributed by atoms with Gasteiger partial charge in [0, 0.05) is 13.1 Å². The number of amides is 1. The van der Waals surface area contributed by atoms with Gasteiger partial charge in [0.15, 0.2) is 0 Å². The fourth-order valence-electron chi connectivity index (χ4n) is 3.72. The number of rotatable bonds is 3. The minimum absolute atomic E-state index is 0.0339. The molecule has 0 bridgehead atoms. The van der Waals surface area contributed by atoms with Crippen LogP contribution in [0.4, 0.5) is 0 Å². The molecular weight excluding hydrogens is 278 g/mol. The maximum Gasteiger partial charge on any atom is 0.238 e. The molecule has 2 unspecified atom stereocenters. The molecule has 2 rings (SSSR count). The van der Waals surface area contributed by atoms with Crippen molar-refractivity contribution in [2.75, 3.05) is 13.1 Å². The summed E-state index contributed by atoms with van der Waals surface area (Å²) >= 11 is 0. The van der Waals surface area contributed by atoms with E-state index in [9.17, 15) is 10.1 Å². The van der Waals surface area contributed by atoms with Gasteiger partial charge in [0.1, 0.15) is 5.54 Å². The number of carbonyl (C=O) groups excluding carboxylic acids is 1. The molecule has 2 fully saturated rings. The highest BCUT2D eigenvalue weighted by molar-refractivity contribution is 5.82. The predicted molar refractivity (Wildman–Crippen MR) is 85.2 cm³/mol. The standard InChI is InChI=1S/C17H29N3O2/c1-13-10-20(12-16(3,4)22-13)14(2)15(21)19-17(11-18)8-6-5-7-9-17/h13-14H,5-10,12H2,1-4H3,(H,19,21). The van der Waals surface area contributed by atoms with Crippen LogP contribution in [0.25, 0.3) is 0 Å². The monoisotopic (exact) mass is 307 g/mol. The Morgan fingerprint density at radius 2 is 2.00 bits per heavy atom. The SMILES string of the molecule is CC1CN(C(C)C(=O)NC2(C#N)CCCCC2)CC(C)(C)O1. The highest BCUT2D eigenvalue weighted by Gasteiger charge is 2.39. The normalized spacial score (nSPS) is 29.3. The number of carbonyl (C=O) groups is 1. The Labute approximate surface area is 134 Å². The summed E-state index contributed by atoms with van der Waals surface area (Å²) in [6, 6.07) is 2.12. The number of ether oxygens (including phenoxy) is 1. The Kier molecular flexibility index (Phi) is 5.14. The van der Waals surface area contributed by atoms with Gasteiger partial charge in [-0.15, -0.1) is 0 Å². The van der Waals surface area contributed by atoms with E-state index < -0.39 is 5.54 Å². The van der Waals surface area contributed by atoms with Crippen LogP contribution in [0.1, 0.15) is 59.8 Å². The summed E-state index contributed by atoms with van der Waals surface area (Å²) in [6.45, 7) is 9.55. The van der Waals surface area contributed by atoms with Gasteiger partial charge in [0.25, 0.3) is 0 Å². The van der Waals surface area contributed by atoms with Gasteiger partial charge >= 0.3 is 0 Å². The van der Waals surface area contributed by atoms with Crippen LogP contribution in [0.15, 0.2) is 0 Å². The number of nitrogens with one attached hydrogen (secondary N) is 1. The van der Waals surface area contributed by atoms with Crippen LogP contribution in [0, 0.1) is 11.3 Å². The lowest BCUT2D eigenvalue weighted by molar-refractivity contribution is -0.148. The van der Waals surface area contributed by atoms with Crippen molar-refractivity contribution in [1.29, 1.82) is 5.26 Å². The van der Waals surface area contributed by atoms with Crippen molar-refractivity contribution in [3.8, 4) is 6.07 Å². The molecule has 2 aliphatic rings. The van der Waals surface area contributed by atoms with E-state index in [4.69, 9.17) is 4.74 Å². The molecule has 1 amide bonds. The Morgan fingerprint density at radius 3 is 2.55 bits per heavy atom. The zero-order chi connectivity index (χ0) is 16.4. The molecule has 1 saturated heterocycles. The quantitative estimate of drug-likeness (QED) is 0.868. The third kappa shape index (κ3) is 3.99. The summed E-state index contributed by atoms with van der Waals surface area (Å²) in [5.41, 5.74) is -0.902. The van der Waals surface area contributed by atoms with E-state index >= 15 is 0 Å². The molecule has 22 heavy (non-hydrogen) atoms. The largest absolute Gasteiger partial charge is 0.370 e. The van der Waals surface area contributed by atoms with Crippen LogP contribution < -0.4 is 5.32 Å². The van der Waals surface area contributed by atoms with Crippen molar-refractivity contribution in [1.82, 2.24) is 10.2 Å². The third-order valence-corrected chi connectivity index (χ3v) is 4.81. The minimum atomic E-state index is -0.656. The smallest absolute Gasteiger partial charge is 0.238 e. The Bertz CT molecular complexity index is 449. The van der Waals surface area contributed by atoms with Crippen LogP contribution >= 0.6 is 0 Å². The first-order chi connectivity index (χ1) is 10.3. The maximum absolute atomic E-state index is 12.6. The van der Waals surface area contributed by atoms with Gasteiger partial charge in [-0.05, 0) is 40.5 Å². The summed E-state index contributed by atoms with van der Waals surface area (Å²) in [4.78, 5) is 14.8. The van der Waals surface area contributed by atoms with E-state index in [0.717, 1.165) is 45.2 Å². The number of morpholine rings is 1. The zero-order valence-electron chi connectivity index (χ0n) is 14.3. The molecule has 0 aromatic rings. The van der Waals surface area contributed by atoms with E-state index in [1.807, 2.05) is 13.8 Å². The summed E-state index contributed by atoms with van der Waals surface area (Å²) in [6.07, 6.45) is 4.84. The molecule has 0 spiro atoms. The molecule has 5 heteroatoms. The van der Waals surface area contributed by atoms with Crippen molar-refractivity contribution < 1.29 is 9.53 Å². The molecule has 1 aliphatic heterocycles. The van der Waals surface area contributed by atoms with Crippen molar-refractivity contribution in [3.05, 3.63) is 0 Å². The zero-order valence-corrected chi connectivity index (χ0v) is 14.3. The van der Waals surface area contributed by atoms with Gasteiger partial charge in [-0.25, -0.2) is 0 Å². The number of nitriles is 1. The molecule has 0 aromatic heterocycles. The van der Waals surface area contributed by atoms with E-state index in [-0.39, 0.29) is 23.7 Å². The lowest BCUT2D eigenvalue weighted by atomic mass is 9.82. The first kappa shape index (κ1) is 17.2. The van der Waals surface area contributed by atoms with Gasteiger partial charge < -0.3 is 10.1 Å². The van der Waals surface area contributed by atoms with Crippen molar-refractivity contribution in [3.63, 3.8) is 0 Å². The Morgan fingerprint density at radius 1 is 1.36 bits per heavy atom. The predicted octanol–water partition coefficient (Wildman–Crippen LogP) is 2.22. The fourth-order valence-corrected chi connectivity index (χ4v) is 3.72. The van der Waals surface area contributed by atoms with Crippen LogP contribution in [-0.4, -0.2) is 47.2 Å². The second-order valence-electron chi connectivity index (χ2n) is 7.54. The molecule has 1 aliphatic carbocycles. The molecule has 0 aromatic carbocycles. The lowest BCUT2D eigenvalue weighted by Crippen LogP contribution is -2.60. The van der Waals surface area contributed by atoms with Crippen LogP contribution in [0.2, 0.25) is 0 Å². The topological polar surface area (TPSA) is 65.4 Å². The Hall–Kier alpha value is -1.12. The highest BCUT2D eigenvalue weighted by atomic mass is 16.5. The summed E-state index contributed by atoms with van der Waals surface area (Å²) in [5.74, 6) is -0.0339. The number of nitrogens with zero attached hydrogens (tertiary/aromatic N) is 2. The summed E-state index contributed by atoms with van der Waals surface area (Å²) < 4.78 is 5.90. The molecule has 5 nitrogen and oxygen atoms in total. The molecule has 1 saturated carbocycles. The van der Waals surface area contributed by atoms with Gasteiger partial charge in [0.05, 0.1) is 23.8 Å². The van der Waals surface area contributed by atoms with Crippen LogP contribution in [-0.2, 0) is 9.53 Å². The van der Waals surface area contributed by atoms with E-state index in [1.165, 1.54) is 0 Å². The molecular formula is C17H29N3O2. The van der Waals surface area contributed by atoms with Gasteiger partial charge in [-0.1, -0.05) is 19.3 Å². The molecule has 1 N–H and O–H groups in total. The molecule has 2 atom stereocenters. The van der Waals surface area contributed by atoms with E-state index in [0.29, 0.717) is 0 Å². The number of hydrogen-bond donors (Lipinski definition) is 1. The molecule has 1 heterocycles. The summed E-state index contributed by atoms with van der Waals surface area (Å²) in [5, 5.41) is 12.5.